The molecule has 0 spiro atoms. The summed E-state index contributed by atoms with van der Waals surface area (Å²) in [7, 11) is 1.98. The highest BCUT2D eigenvalue weighted by atomic mass is 16.5. The molecule has 0 saturated carbocycles. The maximum atomic E-state index is 5.88. The fraction of sp³-hybridized carbons (Fsp3) is 0.429. The van der Waals surface area contributed by atoms with Crippen molar-refractivity contribution in [2.24, 2.45) is 5.92 Å². The van der Waals surface area contributed by atoms with Gasteiger partial charge in [0.1, 0.15) is 17.4 Å². The van der Waals surface area contributed by atoms with Crippen molar-refractivity contribution in [3.8, 4) is 0 Å². The maximum absolute atomic E-state index is 5.88. The summed E-state index contributed by atoms with van der Waals surface area (Å²) in [4.78, 5) is 0. The molecular weight excluding hydrogens is 214 g/mol. The van der Waals surface area contributed by atoms with E-state index in [1.165, 1.54) is 0 Å². The summed E-state index contributed by atoms with van der Waals surface area (Å²) in [6.07, 6.45) is 1.21. The lowest BCUT2D eigenvalue weighted by atomic mass is 9.99. The third-order valence-corrected chi connectivity index (χ3v) is 3.41. The first-order chi connectivity index (χ1) is 8.38. The second-order valence-corrected chi connectivity index (χ2v) is 4.58. The third kappa shape index (κ3) is 1.96. The highest BCUT2D eigenvalue weighted by molar-refractivity contribution is 5.77. The number of fused-ring (bicyclic) bond motifs is 1. The van der Waals surface area contributed by atoms with Gasteiger partial charge in [-0.05, 0) is 25.6 Å². The molecule has 17 heavy (non-hydrogen) atoms. The zero-order valence-electron chi connectivity index (χ0n) is 9.98. The van der Waals surface area contributed by atoms with Crippen LogP contribution in [0.4, 0.5) is 0 Å². The van der Waals surface area contributed by atoms with Crippen molar-refractivity contribution >= 4 is 11.0 Å². The molecule has 0 radical (unpaired) electrons. The van der Waals surface area contributed by atoms with Crippen molar-refractivity contribution in [3.63, 3.8) is 0 Å². The average Bonchev–Trinajstić information content (AvgIpc) is 2.94. The minimum Gasteiger partial charge on any atom is -0.458 e. The van der Waals surface area contributed by atoms with E-state index in [4.69, 9.17) is 9.15 Å². The van der Waals surface area contributed by atoms with Crippen molar-refractivity contribution in [2.75, 3.05) is 20.2 Å². The van der Waals surface area contributed by atoms with E-state index in [1.54, 1.807) is 0 Å². The first kappa shape index (κ1) is 10.8. The van der Waals surface area contributed by atoms with E-state index < -0.39 is 0 Å². The zero-order chi connectivity index (χ0) is 11.7. The lowest BCUT2D eigenvalue weighted by Crippen LogP contribution is -2.21. The summed E-state index contributed by atoms with van der Waals surface area (Å²) in [6.45, 7) is 1.80. The van der Waals surface area contributed by atoms with Gasteiger partial charge < -0.3 is 14.5 Å². The number of hydrogen-bond donors (Lipinski definition) is 1. The van der Waals surface area contributed by atoms with E-state index in [1.807, 2.05) is 25.2 Å². The highest BCUT2D eigenvalue weighted by Crippen LogP contribution is 2.36. The van der Waals surface area contributed by atoms with Gasteiger partial charge in [0.15, 0.2) is 0 Å². The topological polar surface area (TPSA) is 34.4 Å². The summed E-state index contributed by atoms with van der Waals surface area (Å²) >= 11 is 0. The molecule has 2 heterocycles. The minimum absolute atomic E-state index is 0.106. The van der Waals surface area contributed by atoms with Gasteiger partial charge in [0.2, 0.25) is 0 Å². The molecule has 1 aliphatic heterocycles. The molecule has 1 N–H and O–H groups in total. The first-order valence-corrected chi connectivity index (χ1v) is 6.13. The van der Waals surface area contributed by atoms with Gasteiger partial charge in [0.05, 0.1) is 0 Å². The number of nitrogens with one attached hydrogen (secondary N) is 1. The Morgan fingerprint density at radius 2 is 2.24 bits per heavy atom. The van der Waals surface area contributed by atoms with Crippen LogP contribution in [0.1, 0.15) is 18.3 Å². The lowest BCUT2D eigenvalue weighted by molar-refractivity contribution is 0.0740. The summed E-state index contributed by atoms with van der Waals surface area (Å²) in [6, 6.07) is 10.2. The van der Waals surface area contributed by atoms with Gasteiger partial charge in [-0.3, -0.25) is 0 Å². The predicted octanol–water partition coefficient (Wildman–Crippen LogP) is 2.73. The number of ether oxygens (including phenoxy) is 1. The molecular formula is C14H17NO2. The van der Waals surface area contributed by atoms with E-state index in [2.05, 4.69) is 17.4 Å². The van der Waals surface area contributed by atoms with Gasteiger partial charge in [-0.2, -0.15) is 0 Å². The van der Waals surface area contributed by atoms with E-state index in [0.717, 1.165) is 36.3 Å². The molecule has 0 bridgehead atoms. The van der Waals surface area contributed by atoms with Crippen LogP contribution in [0.3, 0.4) is 0 Å². The van der Waals surface area contributed by atoms with Crippen LogP contribution < -0.4 is 5.32 Å². The summed E-state index contributed by atoms with van der Waals surface area (Å²) in [5.41, 5.74) is 0.946. The van der Waals surface area contributed by atoms with Gasteiger partial charge in [0, 0.05) is 24.5 Å². The van der Waals surface area contributed by atoms with Crippen LogP contribution in [0.15, 0.2) is 34.7 Å². The number of furan rings is 1. The normalized spacial score (nSPS) is 24.5. The van der Waals surface area contributed by atoms with Crippen LogP contribution in [0.5, 0.6) is 0 Å². The molecule has 3 heteroatoms. The Morgan fingerprint density at radius 3 is 3.06 bits per heavy atom. The Balaban J connectivity index is 1.92. The molecule has 2 atom stereocenters. The average molecular weight is 231 g/mol. The predicted molar refractivity (Wildman–Crippen MR) is 66.9 cm³/mol. The first-order valence-electron chi connectivity index (χ1n) is 6.13. The van der Waals surface area contributed by atoms with E-state index in [9.17, 15) is 0 Å². The van der Waals surface area contributed by atoms with Gasteiger partial charge in [-0.25, -0.2) is 0 Å². The van der Waals surface area contributed by atoms with Crippen molar-refractivity contribution in [3.05, 3.63) is 36.1 Å². The van der Waals surface area contributed by atoms with Crippen molar-refractivity contribution in [2.45, 2.75) is 12.5 Å². The Kier molecular flexibility index (Phi) is 2.87. The molecule has 3 nitrogen and oxygen atoms in total. The Hall–Kier alpha value is -1.32. The van der Waals surface area contributed by atoms with E-state index >= 15 is 0 Å². The molecule has 1 saturated heterocycles. The van der Waals surface area contributed by atoms with Crippen molar-refractivity contribution < 1.29 is 9.15 Å². The summed E-state index contributed by atoms with van der Waals surface area (Å²) in [5, 5.41) is 4.38. The van der Waals surface area contributed by atoms with Crippen LogP contribution >= 0.6 is 0 Å². The molecule has 0 aliphatic carbocycles. The van der Waals surface area contributed by atoms with Crippen LogP contribution in [0.2, 0.25) is 0 Å². The number of para-hydroxylation sites is 1. The smallest absolute Gasteiger partial charge is 0.134 e. The lowest BCUT2D eigenvalue weighted by Gasteiger charge is -2.15. The SMILES string of the molecule is CNCC1CCOC1c1cc2ccccc2o1. The van der Waals surface area contributed by atoms with Crippen LogP contribution in [-0.2, 0) is 4.74 Å². The molecule has 2 aromatic rings. The maximum Gasteiger partial charge on any atom is 0.134 e. The highest BCUT2D eigenvalue weighted by Gasteiger charge is 2.31. The number of benzene rings is 1. The number of rotatable bonds is 3. The standard InChI is InChI=1S/C14H17NO2/c1-15-9-11-6-7-16-14(11)13-8-10-4-2-3-5-12(10)17-13/h2-5,8,11,14-15H,6-7,9H2,1H3. The largest absolute Gasteiger partial charge is 0.458 e. The quantitative estimate of drug-likeness (QED) is 0.882. The van der Waals surface area contributed by atoms with Crippen molar-refractivity contribution in [1.29, 1.82) is 0 Å². The summed E-state index contributed by atoms with van der Waals surface area (Å²) in [5.74, 6) is 1.48. The Morgan fingerprint density at radius 1 is 1.35 bits per heavy atom. The van der Waals surface area contributed by atoms with Crippen molar-refractivity contribution in [1.82, 2.24) is 5.32 Å². The Labute approximate surface area is 101 Å². The minimum atomic E-state index is 0.106. The number of hydrogen-bond acceptors (Lipinski definition) is 3. The van der Waals surface area contributed by atoms with Gasteiger partial charge in [-0.1, -0.05) is 18.2 Å². The molecule has 90 valence electrons. The van der Waals surface area contributed by atoms with Crippen LogP contribution in [-0.4, -0.2) is 20.2 Å². The second kappa shape index (κ2) is 4.51. The van der Waals surface area contributed by atoms with Crippen LogP contribution in [0, 0.1) is 5.92 Å². The van der Waals surface area contributed by atoms with Crippen LogP contribution in [0.25, 0.3) is 11.0 Å². The Bertz CT molecular complexity index is 473. The van der Waals surface area contributed by atoms with Gasteiger partial charge in [-0.15, -0.1) is 0 Å². The molecule has 2 unspecified atom stereocenters. The molecule has 1 aromatic heterocycles. The fourth-order valence-electron chi connectivity index (χ4n) is 2.56. The third-order valence-electron chi connectivity index (χ3n) is 3.41. The molecule has 1 fully saturated rings. The van der Waals surface area contributed by atoms with E-state index in [-0.39, 0.29) is 6.10 Å². The van der Waals surface area contributed by atoms with E-state index in [0.29, 0.717) is 5.92 Å². The monoisotopic (exact) mass is 231 g/mol. The zero-order valence-corrected chi connectivity index (χ0v) is 9.98. The summed E-state index contributed by atoms with van der Waals surface area (Å²) < 4.78 is 11.7. The molecule has 3 rings (SSSR count). The molecule has 0 amide bonds. The molecule has 1 aromatic carbocycles. The van der Waals surface area contributed by atoms with Gasteiger partial charge >= 0.3 is 0 Å². The fourth-order valence-corrected chi connectivity index (χ4v) is 2.56. The second-order valence-electron chi connectivity index (χ2n) is 4.58. The van der Waals surface area contributed by atoms with Gasteiger partial charge in [0.25, 0.3) is 0 Å². The molecule has 1 aliphatic rings.